The molecule has 0 aliphatic carbocycles. The predicted molar refractivity (Wildman–Crippen MR) is 69.3 cm³/mol. The van der Waals surface area contributed by atoms with Crippen molar-refractivity contribution in [3.8, 4) is 0 Å². The first-order valence-electron chi connectivity index (χ1n) is 5.65. The number of nitrogens with zero attached hydrogens (tertiary/aromatic N) is 1. The lowest BCUT2D eigenvalue weighted by Crippen LogP contribution is -2.39. The van der Waals surface area contributed by atoms with Crippen molar-refractivity contribution in [1.29, 1.82) is 0 Å². The second-order valence-electron chi connectivity index (χ2n) is 4.47. The summed E-state index contributed by atoms with van der Waals surface area (Å²) in [6.45, 7) is 5.27. The van der Waals surface area contributed by atoms with E-state index in [2.05, 4.69) is 5.32 Å². The molecule has 1 aromatic rings. The maximum atomic E-state index is 11.8. The molecule has 0 bridgehead atoms. The summed E-state index contributed by atoms with van der Waals surface area (Å²) in [7, 11) is 0. The molecule has 1 rings (SSSR count). The van der Waals surface area contributed by atoms with Gasteiger partial charge in [0.15, 0.2) is 0 Å². The third-order valence-corrected chi connectivity index (χ3v) is 2.78. The first kappa shape index (κ1) is 14.1. The molecule has 18 heavy (non-hydrogen) atoms. The van der Waals surface area contributed by atoms with Gasteiger partial charge in [-0.2, -0.15) is 0 Å². The van der Waals surface area contributed by atoms with Crippen LogP contribution in [0.1, 0.15) is 19.4 Å². The van der Waals surface area contributed by atoms with Gasteiger partial charge in [-0.05, 0) is 18.9 Å². The van der Waals surface area contributed by atoms with Crippen LogP contribution in [0.25, 0.3) is 0 Å². The van der Waals surface area contributed by atoms with Gasteiger partial charge >= 0.3 is 0 Å². The molecule has 6 nitrogen and oxygen atoms in total. The van der Waals surface area contributed by atoms with E-state index in [9.17, 15) is 14.9 Å². The molecule has 0 fully saturated rings. The number of hydrogen-bond acceptors (Lipinski definition) is 4. The van der Waals surface area contributed by atoms with Crippen LogP contribution in [-0.4, -0.2) is 16.9 Å². The summed E-state index contributed by atoms with van der Waals surface area (Å²) in [5.74, 6) is -0.336. The minimum absolute atomic E-state index is 0.00371. The fraction of sp³-hybridized carbons (Fsp3) is 0.417. The first-order valence-corrected chi connectivity index (χ1v) is 5.65. The molecule has 0 heterocycles. The molecular weight excluding hydrogens is 234 g/mol. The zero-order valence-electron chi connectivity index (χ0n) is 10.6. The summed E-state index contributed by atoms with van der Waals surface area (Å²) in [6.07, 6.45) is 0. The van der Waals surface area contributed by atoms with Crippen LogP contribution in [0.15, 0.2) is 18.2 Å². The highest BCUT2D eigenvalue weighted by atomic mass is 16.6. The van der Waals surface area contributed by atoms with Gasteiger partial charge in [0.2, 0.25) is 5.91 Å². The number of rotatable bonds is 4. The molecule has 1 aromatic carbocycles. The zero-order chi connectivity index (χ0) is 13.9. The lowest BCUT2D eigenvalue weighted by atomic mass is 10.0. The highest BCUT2D eigenvalue weighted by Gasteiger charge is 2.20. The summed E-state index contributed by atoms with van der Waals surface area (Å²) >= 11 is 0. The van der Waals surface area contributed by atoms with E-state index >= 15 is 0 Å². The van der Waals surface area contributed by atoms with Crippen LogP contribution in [0, 0.1) is 23.0 Å². The molecule has 1 amide bonds. The predicted octanol–water partition coefficient (Wildman–Crippen LogP) is 1.83. The number of benzene rings is 1. The van der Waals surface area contributed by atoms with Crippen molar-refractivity contribution in [3.63, 3.8) is 0 Å². The second-order valence-corrected chi connectivity index (χ2v) is 4.47. The van der Waals surface area contributed by atoms with E-state index in [0.717, 1.165) is 0 Å². The zero-order valence-corrected chi connectivity index (χ0v) is 10.6. The van der Waals surface area contributed by atoms with Crippen LogP contribution >= 0.6 is 0 Å². The van der Waals surface area contributed by atoms with E-state index in [1.165, 1.54) is 12.1 Å². The number of nitro benzene ring substituents is 1. The summed E-state index contributed by atoms with van der Waals surface area (Å²) in [6, 6.07) is 3.91. The SMILES string of the molecule is Cc1c(NC(=O)C(N)C(C)C)cccc1[N+](=O)[O-]. The van der Waals surface area contributed by atoms with Crippen LogP contribution in [-0.2, 0) is 4.79 Å². The molecule has 1 unspecified atom stereocenters. The fourth-order valence-corrected chi connectivity index (χ4v) is 1.48. The Kier molecular flexibility index (Phi) is 4.38. The molecule has 0 aliphatic rings. The van der Waals surface area contributed by atoms with Gasteiger partial charge in [0.25, 0.3) is 5.69 Å². The standard InChI is InChI=1S/C12H17N3O3/c1-7(2)11(13)12(16)14-9-5-4-6-10(8(9)3)15(17)18/h4-7,11H,13H2,1-3H3,(H,14,16). The van der Waals surface area contributed by atoms with Crippen LogP contribution in [0.5, 0.6) is 0 Å². The molecule has 1 atom stereocenters. The topological polar surface area (TPSA) is 98.3 Å². The van der Waals surface area contributed by atoms with Gasteiger partial charge in [-0.15, -0.1) is 0 Å². The average molecular weight is 251 g/mol. The second kappa shape index (κ2) is 5.59. The number of nitrogens with one attached hydrogen (secondary N) is 1. The molecule has 0 saturated carbocycles. The lowest BCUT2D eigenvalue weighted by molar-refractivity contribution is -0.385. The molecule has 0 saturated heterocycles. The summed E-state index contributed by atoms with van der Waals surface area (Å²) < 4.78 is 0. The smallest absolute Gasteiger partial charge is 0.274 e. The van der Waals surface area contributed by atoms with Gasteiger partial charge in [0.05, 0.1) is 22.2 Å². The Labute approximate surface area is 105 Å². The first-order chi connectivity index (χ1) is 8.34. The Morgan fingerprint density at radius 1 is 1.44 bits per heavy atom. The van der Waals surface area contributed by atoms with Crippen molar-refractivity contribution >= 4 is 17.3 Å². The highest BCUT2D eigenvalue weighted by molar-refractivity contribution is 5.95. The molecule has 0 aliphatic heterocycles. The van der Waals surface area contributed by atoms with Crippen LogP contribution in [0.3, 0.4) is 0 Å². The molecule has 0 aromatic heterocycles. The average Bonchev–Trinajstić information content (AvgIpc) is 2.30. The minimum Gasteiger partial charge on any atom is -0.324 e. The Hall–Kier alpha value is -1.95. The van der Waals surface area contributed by atoms with E-state index in [0.29, 0.717) is 11.3 Å². The van der Waals surface area contributed by atoms with Crippen molar-refractivity contribution < 1.29 is 9.72 Å². The normalized spacial score (nSPS) is 12.3. The maximum absolute atomic E-state index is 11.8. The van der Waals surface area contributed by atoms with E-state index in [-0.39, 0.29) is 17.5 Å². The molecule has 3 N–H and O–H groups in total. The van der Waals surface area contributed by atoms with Crippen molar-refractivity contribution in [3.05, 3.63) is 33.9 Å². The number of nitro groups is 1. The van der Waals surface area contributed by atoms with E-state index in [1.54, 1.807) is 13.0 Å². The number of nitrogens with two attached hydrogens (primary N) is 1. The number of anilines is 1. The number of amides is 1. The Morgan fingerprint density at radius 3 is 2.56 bits per heavy atom. The molecule has 6 heteroatoms. The highest BCUT2D eigenvalue weighted by Crippen LogP contribution is 2.25. The van der Waals surface area contributed by atoms with Crippen molar-refractivity contribution in [2.24, 2.45) is 11.7 Å². The quantitative estimate of drug-likeness (QED) is 0.630. The van der Waals surface area contributed by atoms with Crippen molar-refractivity contribution in [2.75, 3.05) is 5.32 Å². The van der Waals surface area contributed by atoms with E-state index < -0.39 is 11.0 Å². The summed E-state index contributed by atoms with van der Waals surface area (Å²) in [4.78, 5) is 22.1. The van der Waals surface area contributed by atoms with Gasteiger partial charge < -0.3 is 11.1 Å². The number of hydrogen-bond donors (Lipinski definition) is 2. The summed E-state index contributed by atoms with van der Waals surface area (Å²) in [5.41, 5.74) is 6.53. The Balaban J connectivity index is 2.96. The van der Waals surface area contributed by atoms with E-state index in [4.69, 9.17) is 5.73 Å². The summed E-state index contributed by atoms with van der Waals surface area (Å²) in [5, 5.41) is 13.4. The maximum Gasteiger partial charge on any atom is 0.274 e. The van der Waals surface area contributed by atoms with Gasteiger partial charge in [0.1, 0.15) is 0 Å². The monoisotopic (exact) mass is 251 g/mol. The van der Waals surface area contributed by atoms with Crippen LogP contribution in [0.4, 0.5) is 11.4 Å². The molecule has 0 radical (unpaired) electrons. The van der Waals surface area contributed by atoms with Gasteiger partial charge in [-0.3, -0.25) is 14.9 Å². The molecular formula is C12H17N3O3. The largest absolute Gasteiger partial charge is 0.324 e. The fourth-order valence-electron chi connectivity index (χ4n) is 1.48. The Morgan fingerprint density at radius 2 is 2.06 bits per heavy atom. The number of carbonyl (C=O) groups is 1. The third-order valence-electron chi connectivity index (χ3n) is 2.78. The van der Waals surface area contributed by atoms with Crippen molar-refractivity contribution in [1.82, 2.24) is 0 Å². The minimum atomic E-state index is -0.635. The number of carbonyl (C=O) groups excluding carboxylic acids is 1. The van der Waals surface area contributed by atoms with Gasteiger partial charge in [-0.25, -0.2) is 0 Å². The van der Waals surface area contributed by atoms with Crippen LogP contribution in [0.2, 0.25) is 0 Å². The van der Waals surface area contributed by atoms with E-state index in [1.807, 2.05) is 13.8 Å². The Bertz CT molecular complexity index is 472. The third kappa shape index (κ3) is 3.04. The van der Waals surface area contributed by atoms with Gasteiger partial charge in [-0.1, -0.05) is 19.9 Å². The van der Waals surface area contributed by atoms with Gasteiger partial charge in [0, 0.05) is 6.07 Å². The molecule has 0 spiro atoms. The van der Waals surface area contributed by atoms with Crippen molar-refractivity contribution in [2.45, 2.75) is 26.8 Å². The van der Waals surface area contributed by atoms with Crippen LogP contribution < -0.4 is 11.1 Å². The lowest BCUT2D eigenvalue weighted by Gasteiger charge is -2.16. The molecule has 98 valence electrons.